The molecule has 1 aliphatic heterocycles. The van der Waals surface area contributed by atoms with Gasteiger partial charge in [0.05, 0.1) is 25.1 Å². The van der Waals surface area contributed by atoms with Crippen molar-refractivity contribution in [2.45, 2.75) is 13.0 Å². The number of hydrogen-bond donors (Lipinski definition) is 0. The summed E-state index contributed by atoms with van der Waals surface area (Å²) in [6.07, 6.45) is 2.87. The predicted octanol–water partition coefficient (Wildman–Crippen LogP) is 3.36. The van der Waals surface area contributed by atoms with E-state index in [0.717, 1.165) is 46.9 Å². The number of para-hydroxylation sites is 1. The second kappa shape index (κ2) is 6.09. The molecule has 0 saturated carbocycles. The molecule has 0 atom stereocenters. The minimum atomic E-state index is -0.184. The van der Waals surface area contributed by atoms with Crippen LogP contribution in [0.5, 0.6) is 11.5 Å². The lowest BCUT2D eigenvalue weighted by atomic mass is 10.1. The van der Waals surface area contributed by atoms with Crippen LogP contribution in [0.2, 0.25) is 0 Å². The quantitative estimate of drug-likeness (QED) is 0.737. The molecule has 0 radical (unpaired) electrons. The fourth-order valence-electron chi connectivity index (χ4n) is 3.30. The molecule has 0 saturated heterocycles. The highest BCUT2D eigenvalue weighted by Crippen LogP contribution is 2.33. The maximum Gasteiger partial charge on any atom is 0.281 e. The second-order valence-electron chi connectivity index (χ2n) is 5.94. The zero-order valence-electron chi connectivity index (χ0n) is 14.2. The molecule has 5 nitrogen and oxygen atoms in total. The van der Waals surface area contributed by atoms with Gasteiger partial charge in [-0.3, -0.25) is 4.79 Å². The minimum Gasteiger partial charge on any atom is -0.497 e. The van der Waals surface area contributed by atoms with Crippen LogP contribution < -0.4 is 15.0 Å². The number of hydrogen-bond acceptors (Lipinski definition) is 4. The molecule has 1 aliphatic rings. The van der Waals surface area contributed by atoms with Crippen LogP contribution in [0.25, 0.3) is 22.6 Å². The Bertz CT molecular complexity index is 1050. The van der Waals surface area contributed by atoms with E-state index in [1.54, 1.807) is 14.2 Å². The molecule has 126 valence electrons. The monoisotopic (exact) mass is 334 g/mol. The Morgan fingerprint density at radius 2 is 1.96 bits per heavy atom. The van der Waals surface area contributed by atoms with Crippen LogP contribution >= 0.6 is 0 Å². The van der Waals surface area contributed by atoms with Gasteiger partial charge in [0.15, 0.2) is 0 Å². The van der Waals surface area contributed by atoms with E-state index in [1.807, 2.05) is 48.5 Å². The number of allylic oxidation sites excluding steroid dienone is 1. The number of nitrogens with zero attached hydrogens (tertiary/aromatic N) is 2. The first kappa shape index (κ1) is 15.4. The van der Waals surface area contributed by atoms with E-state index in [1.165, 1.54) is 0 Å². The first-order valence-corrected chi connectivity index (χ1v) is 8.14. The molecule has 5 heteroatoms. The Kier molecular flexibility index (Phi) is 3.76. The molecule has 2 heterocycles. The van der Waals surface area contributed by atoms with E-state index < -0.39 is 0 Å². The largest absolute Gasteiger partial charge is 0.497 e. The van der Waals surface area contributed by atoms with Gasteiger partial charge in [0.25, 0.3) is 5.56 Å². The summed E-state index contributed by atoms with van der Waals surface area (Å²) in [5.74, 6) is 2.21. The van der Waals surface area contributed by atoms with E-state index in [2.05, 4.69) is 9.55 Å². The zero-order chi connectivity index (χ0) is 17.4. The zero-order valence-corrected chi connectivity index (χ0v) is 14.2. The van der Waals surface area contributed by atoms with Gasteiger partial charge < -0.3 is 14.0 Å². The summed E-state index contributed by atoms with van der Waals surface area (Å²) in [6.45, 7) is 0.813. The van der Waals surface area contributed by atoms with Gasteiger partial charge in [-0.25, -0.2) is 0 Å². The molecule has 0 spiro atoms. The lowest BCUT2D eigenvalue weighted by Crippen LogP contribution is -2.14. The summed E-state index contributed by atoms with van der Waals surface area (Å²) in [5.41, 5.74) is 2.72. The highest BCUT2D eigenvalue weighted by atomic mass is 16.5. The van der Waals surface area contributed by atoms with Crippen molar-refractivity contribution in [2.75, 3.05) is 14.2 Å². The summed E-state index contributed by atoms with van der Waals surface area (Å²) in [5, 5.41) is 0.662. The third kappa shape index (κ3) is 2.58. The molecule has 0 bridgehead atoms. The molecule has 0 amide bonds. The first-order chi connectivity index (χ1) is 12.2. The summed E-state index contributed by atoms with van der Waals surface area (Å²) >= 11 is 0. The van der Waals surface area contributed by atoms with Gasteiger partial charge in [-0.2, -0.15) is 4.98 Å². The molecule has 0 unspecified atom stereocenters. The smallest absolute Gasteiger partial charge is 0.281 e. The van der Waals surface area contributed by atoms with Crippen LogP contribution in [0.3, 0.4) is 0 Å². The molecule has 2 aromatic carbocycles. The number of fused-ring (bicyclic) bond motifs is 3. The Morgan fingerprint density at radius 1 is 1.12 bits per heavy atom. The van der Waals surface area contributed by atoms with E-state index >= 15 is 0 Å². The van der Waals surface area contributed by atoms with Crippen LogP contribution in [-0.2, 0) is 6.54 Å². The van der Waals surface area contributed by atoms with Crippen molar-refractivity contribution >= 4 is 22.6 Å². The van der Waals surface area contributed by atoms with Crippen molar-refractivity contribution < 1.29 is 9.47 Å². The van der Waals surface area contributed by atoms with Gasteiger partial charge in [-0.05, 0) is 42.3 Å². The van der Waals surface area contributed by atoms with Crippen LogP contribution in [0.1, 0.15) is 17.8 Å². The molecule has 0 aliphatic carbocycles. The Morgan fingerprint density at radius 3 is 2.76 bits per heavy atom. The maximum absolute atomic E-state index is 12.4. The number of aromatic nitrogens is 2. The van der Waals surface area contributed by atoms with Crippen LogP contribution in [-0.4, -0.2) is 23.8 Å². The summed E-state index contributed by atoms with van der Waals surface area (Å²) in [6, 6.07) is 13.3. The SMILES string of the molecule is COc1ccc(/C=C2/CCn3c2nc(=O)c2ccccc23)c(OC)c1. The van der Waals surface area contributed by atoms with E-state index in [9.17, 15) is 4.79 Å². The van der Waals surface area contributed by atoms with Crippen molar-refractivity contribution in [3.63, 3.8) is 0 Å². The van der Waals surface area contributed by atoms with Crippen molar-refractivity contribution in [1.29, 1.82) is 0 Å². The van der Waals surface area contributed by atoms with E-state index in [4.69, 9.17) is 9.47 Å². The van der Waals surface area contributed by atoms with Crippen molar-refractivity contribution in [3.8, 4) is 11.5 Å². The Labute approximate surface area is 145 Å². The number of ether oxygens (including phenoxy) is 2. The molecule has 1 aromatic heterocycles. The van der Waals surface area contributed by atoms with E-state index in [-0.39, 0.29) is 5.56 Å². The summed E-state index contributed by atoms with van der Waals surface area (Å²) in [7, 11) is 3.26. The lowest BCUT2D eigenvalue weighted by molar-refractivity contribution is 0.394. The van der Waals surface area contributed by atoms with Gasteiger partial charge in [-0.15, -0.1) is 0 Å². The fraction of sp³-hybridized carbons (Fsp3) is 0.200. The third-order valence-electron chi connectivity index (χ3n) is 4.55. The maximum atomic E-state index is 12.4. The number of rotatable bonds is 3. The topological polar surface area (TPSA) is 53.4 Å². The third-order valence-corrected chi connectivity index (χ3v) is 4.55. The van der Waals surface area contributed by atoms with Gasteiger partial charge in [-0.1, -0.05) is 12.1 Å². The van der Waals surface area contributed by atoms with Crippen molar-refractivity contribution in [2.24, 2.45) is 0 Å². The molecular weight excluding hydrogens is 316 g/mol. The van der Waals surface area contributed by atoms with Gasteiger partial charge in [0.2, 0.25) is 0 Å². The second-order valence-corrected chi connectivity index (χ2v) is 5.94. The minimum absolute atomic E-state index is 0.184. The van der Waals surface area contributed by atoms with Gasteiger partial charge in [0, 0.05) is 18.2 Å². The van der Waals surface area contributed by atoms with E-state index in [0.29, 0.717) is 5.39 Å². The van der Waals surface area contributed by atoms with Crippen LogP contribution in [0.15, 0.2) is 47.3 Å². The summed E-state index contributed by atoms with van der Waals surface area (Å²) in [4.78, 5) is 16.7. The average Bonchev–Trinajstić information content (AvgIpc) is 3.05. The number of benzene rings is 2. The van der Waals surface area contributed by atoms with Crippen molar-refractivity contribution in [1.82, 2.24) is 9.55 Å². The van der Waals surface area contributed by atoms with Gasteiger partial charge in [0.1, 0.15) is 17.3 Å². The highest BCUT2D eigenvalue weighted by Gasteiger charge is 2.20. The first-order valence-electron chi connectivity index (χ1n) is 8.14. The van der Waals surface area contributed by atoms with Crippen LogP contribution in [0, 0.1) is 0 Å². The molecular formula is C20H18N2O3. The standard InChI is InChI=1S/C20H18N2O3/c1-24-15-8-7-13(18(12-15)25-2)11-14-9-10-22-17-6-4-3-5-16(17)20(23)21-19(14)22/h3-8,11-12H,9-10H2,1-2H3/b14-11-. The van der Waals surface area contributed by atoms with Gasteiger partial charge >= 0.3 is 0 Å². The number of methoxy groups -OCH3 is 2. The normalized spacial score (nSPS) is 14.7. The molecule has 25 heavy (non-hydrogen) atoms. The molecule has 0 N–H and O–H groups in total. The highest BCUT2D eigenvalue weighted by molar-refractivity contribution is 5.86. The predicted molar refractivity (Wildman–Crippen MR) is 98.0 cm³/mol. The van der Waals surface area contributed by atoms with Crippen LogP contribution in [0.4, 0.5) is 0 Å². The fourth-order valence-corrected chi connectivity index (χ4v) is 3.30. The molecule has 0 fully saturated rings. The Hall–Kier alpha value is -3.08. The average molecular weight is 334 g/mol. The van der Waals surface area contributed by atoms with Crippen molar-refractivity contribution in [3.05, 3.63) is 64.2 Å². The molecule has 4 rings (SSSR count). The Balaban J connectivity index is 1.86. The molecule has 3 aromatic rings. The summed E-state index contributed by atoms with van der Waals surface area (Å²) < 4.78 is 12.8. The lowest BCUT2D eigenvalue weighted by Gasteiger charge is -2.09. The number of aryl methyl sites for hydroxylation is 1.